The fourth-order valence-corrected chi connectivity index (χ4v) is 3.21. The summed E-state index contributed by atoms with van der Waals surface area (Å²) in [5.74, 6) is 0.206. The Morgan fingerprint density at radius 3 is 3.00 bits per heavy atom. The summed E-state index contributed by atoms with van der Waals surface area (Å²) in [6.07, 6.45) is 0. The molecule has 2 aromatic rings. The fourth-order valence-electron chi connectivity index (χ4n) is 2.36. The van der Waals surface area contributed by atoms with Crippen molar-refractivity contribution in [3.8, 4) is 0 Å². The van der Waals surface area contributed by atoms with Gasteiger partial charge in [-0.15, -0.1) is 11.3 Å². The van der Waals surface area contributed by atoms with Crippen LogP contribution in [0.25, 0.3) is 0 Å². The van der Waals surface area contributed by atoms with Gasteiger partial charge in [-0.05, 0) is 30.2 Å². The van der Waals surface area contributed by atoms with Crippen molar-refractivity contribution in [1.82, 2.24) is 10.3 Å². The molecule has 0 spiro atoms. The Hall–Kier alpha value is -1.92. The minimum atomic E-state index is -0.195. The van der Waals surface area contributed by atoms with Crippen molar-refractivity contribution in [2.24, 2.45) is 0 Å². The van der Waals surface area contributed by atoms with Crippen LogP contribution in [0.15, 0.2) is 23.6 Å². The smallest absolute Gasteiger partial charge is 0.319 e. The Kier molecular flexibility index (Phi) is 4.40. The topological polar surface area (TPSA) is 63.2 Å². The molecule has 2 N–H and O–H groups in total. The second-order valence-corrected chi connectivity index (χ2v) is 6.43. The predicted octanol–water partition coefficient (Wildman–Crippen LogP) is 3.41. The number of hydrogen-bond donors (Lipinski definition) is 2. The SMILES string of the molecule is Cc1csc(C(C)CNC(=O)Nc2ccc3c(c2)COC3)n1. The van der Waals surface area contributed by atoms with E-state index in [-0.39, 0.29) is 11.9 Å². The number of aryl methyl sites for hydroxylation is 1. The Labute approximate surface area is 133 Å². The molecule has 0 aliphatic carbocycles. The molecule has 0 saturated carbocycles. The fraction of sp³-hybridized carbons (Fsp3) is 0.375. The molecular formula is C16H19N3O2S. The van der Waals surface area contributed by atoms with Crippen LogP contribution < -0.4 is 10.6 Å². The van der Waals surface area contributed by atoms with Crippen LogP contribution in [0.3, 0.4) is 0 Å². The monoisotopic (exact) mass is 317 g/mol. The Bertz CT molecular complexity index is 684. The molecule has 3 rings (SSSR count). The third kappa shape index (κ3) is 3.45. The van der Waals surface area contributed by atoms with Gasteiger partial charge in [0.05, 0.1) is 18.2 Å². The number of hydrogen-bond acceptors (Lipinski definition) is 4. The van der Waals surface area contributed by atoms with E-state index >= 15 is 0 Å². The maximum atomic E-state index is 12.0. The number of carbonyl (C=O) groups excluding carboxylic acids is 1. The van der Waals surface area contributed by atoms with Crippen LogP contribution in [0.2, 0.25) is 0 Å². The van der Waals surface area contributed by atoms with Gasteiger partial charge in [-0.2, -0.15) is 0 Å². The van der Waals surface area contributed by atoms with Gasteiger partial charge in [-0.3, -0.25) is 0 Å². The van der Waals surface area contributed by atoms with E-state index in [0.29, 0.717) is 19.8 Å². The molecule has 1 aliphatic heterocycles. The zero-order chi connectivity index (χ0) is 15.5. The van der Waals surface area contributed by atoms with Crippen LogP contribution in [0.5, 0.6) is 0 Å². The highest BCUT2D eigenvalue weighted by molar-refractivity contribution is 7.09. The quantitative estimate of drug-likeness (QED) is 0.908. The van der Waals surface area contributed by atoms with Crippen molar-refractivity contribution < 1.29 is 9.53 Å². The molecule has 5 nitrogen and oxygen atoms in total. The van der Waals surface area contributed by atoms with Gasteiger partial charge >= 0.3 is 6.03 Å². The molecule has 22 heavy (non-hydrogen) atoms. The van der Waals surface area contributed by atoms with E-state index in [9.17, 15) is 4.79 Å². The molecular weight excluding hydrogens is 298 g/mol. The van der Waals surface area contributed by atoms with E-state index in [4.69, 9.17) is 4.74 Å². The first kappa shape index (κ1) is 15.0. The van der Waals surface area contributed by atoms with Crippen molar-refractivity contribution >= 4 is 23.1 Å². The molecule has 2 heterocycles. The van der Waals surface area contributed by atoms with Crippen LogP contribution in [-0.2, 0) is 18.0 Å². The summed E-state index contributed by atoms with van der Waals surface area (Å²) in [5, 5.41) is 8.83. The molecule has 1 aromatic carbocycles. The van der Waals surface area contributed by atoms with Crippen LogP contribution >= 0.6 is 11.3 Å². The van der Waals surface area contributed by atoms with Gasteiger partial charge in [0.15, 0.2) is 0 Å². The highest BCUT2D eigenvalue weighted by atomic mass is 32.1. The summed E-state index contributed by atoms with van der Waals surface area (Å²) in [4.78, 5) is 16.4. The number of fused-ring (bicyclic) bond motifs is 1. The van der Waals surface area contributed by atoms with Gasteiger partial charge in [0, 0.05) is 29.2 Å². The van der Waals surface area contributed by atoms with E-state index in [1.165, 1.54) is 5.56 Å². The number of aromatic nitrogens is 1. The predicted molar refractivity (Wildman–Crippen MR) is 87.2 cm³/mol. The molecule has 0 bridgehead atoms. The minimum absolute atomic E-state index is 0.195. The van der Waals surface area contributed by atoms with Crippen molar-refractivity contribution in [1.29, 1.82) is 0 Å². The first-order valence-corrected chi connectivity index (χ1v) is 8.16. The molecule has 2 amide bonds. The number of amides is 2. The van der Waals surface area contributed by atoms with Gasteiger partial charge < -0.3 is 15.4 Å². The number of urea groups is 1. The summed E-state index contributed by atoms with van der Waals surface area (Å²) in [6, 6.07) is 5.67. The van der Waals surface area contributed by atoms with E-state index in [1.54, 1.807) is 11.3 Å². The molecule has 0 saturated heterocycles. The van der Waals surface area contributed by atoms with Crippen LogP contribution in [0, 0.1) is 6.92 Å². The number of rotatable bonds is 4. The lowest BCUT2D eigenvalue weighted by Gasteiger charge is -2.12. The third-order valence-electron chi connectivity index (χ3n) is 3.61. The molecule has 0 radical (unpaired) electrons. The standard InChI is InChI=1S/C16H19N3O2S/c1-10(15-18-11(2)9-22-15)6-17-16(20)19-14-4-3-12-7-21-8-13(12)5-14/h3-5,9-10H,6-8H2,1-2H3,(H2,17,19,20). The number of ether oxygens (including phenoxy) is 1. The van der Waals surface area contributed by atoms with E-state index < -0.39 is 0 Å². The van der Waals surface area contributed by atoms with Crippen LogP contribution in [0.1, 0.15) is 34.7 Å². The highest BCUT2D eigenvalue weighted by Crippen LogP contribution is 2.23. The molecule has 1 aromatic heterocycles. The lowest BCUT2D eigenvalue weighted by atomic mass is 10.1. The van der Waals surface area contributed by atoms with E-state index in [2.05, 4.69) is 22.5 Å². The van der Waals surface area contributed by atoms with Gasteiger partial charge in [0.25, 0.3) is 0 Å². The number of carbonyl (C=O) groups is 1. The maximum absolute atomic E-state index is 12.0. The Morgan fingerprint density at radius 1 is 1.41 bits per heavy atom. The summed E-state index contributed by atoms with van der Waals surface area (Å²) in [6.45, 7) is 5.88. The highest BCUT2D eigenvalue weighted by Gasteiger charge is 2.13. The van der Waals surface area contributed by atoms with E-state index in [1.807, 2.05) is 30.5 Å². The second-order valence-electron chi connectivity index (χ2n) is 5.54. The largest absolute Gasteiger partial charge is 0.372 e. The van der Waals surface area contributed by atoms with Crippen molar-refractivity contribution in [2.75, 3.05) is 11.9 Å². The zero-order valence-electron chi connectivity index (χ0n) is 12.7. The average Bonchev–Trinajstić information content (AvgIpc) is 3.13. The van der Waals surface area contributed by atoms with E-state index in [0.717, 1.165) is 22.0 Å². The number of anilines is 1. The lowest BCUT2D eigenvalue weighted by molar-refractivity contribution is 0.134. The Balaban J connectivity index is 1.52. The van der Waals surface area contributed by atoms with Gasteiger partial charge in [0.1, 0.15) is 0 Å². The van der Waals surface area contributed by atoms with Gasteiger partial charge in [0.2, 0.25) is 0 Å². The average molecular weight is 317 g/mol. The van der Waals surface area contributed by atoms with Crippen molar-refractivity contribution in [3.63, 3.8) is 0 Å². The molecule has 1 aliphatic rings. The van der Waals surface area contributed by atoms with Gasteiger partial charge in [-0.25, -0.2) is 9.78 Å². The van der Waals surface area contributed by atoms with Crippen molar-refractivity contribution in [3.05, 3.63) is 45.4 Å². The molecule has 6 heteroatoms. The normalized spacial score (nSPS) is 14.5. The molecule has 1 unspecified atom stereocenters. The molecule has 116 valence electrons. The maximum Gasteiger partial charge on any atom is 0.319 e. The first-order valence-electron chi connectivity index (χ1n) is 7.28. The summed E-state index contributed by atoms with van der Waals surface area (Å²) >= 11 is 1.63. The number of benzene rings is 1. The van der Waals surface area contributed by atoms with Crippen molar-refractivity contribution in [2.45, 2.75) is 33.0 Å². The second kappa shape index (κ2) is 6.46. The molecule has 0 fully saturated rings. The summed E-state index contributed by atoms with van der Waals surface area (Å²) in [5.41, 5.74) is 4.15. The number of nitrogens with one attached hydrogen (secondary N) is 2. The zero-order valence-corrected chi connectivity index (χ0v) is 13.5. The Morgan fingerprint density at radius 2 is 2.23 bits per heavy atom. The summed E-state index contributed by atoms with van der Waals surface area (Å²) < 4.78 is 5.37. The minimum Gasteiger partial charge on any atom is -0.372 e. The third-order valence-corrected chi connectivity index (χ3v) is 4.80. The van der Waals surface area contributed by atoms with Crippen LogP contribution in [-0.4, -0.2) is 17.6 Å². The van der Waals surface area contributed by atoms with Crippen LogP contribution in [0.4, 0.5) is 10.5 Å². The van der Waals surface area contributed by atoms with Gasteiger partial charge in [-0.1, -0.05) is 13.0 Å². The number of nitrogens with zero attached hydrogens (tertiary/aromatic N) is 1. The first-order chi connectivity index (χ1) is 10.6. The number of thiazole rings is 1. The lowest BCUT2D eigenvalue weighted by Crippen LogP contribution is -2.31. The molecule has 1 atom stereocenters. The summed E-state index contributed by atoms with van der Waals surface area (Å²) in [7, 11) is 0.